The van der Waals surface area contributed by atoms with Crippen molar-refractivity contribution in [3.05, 3.63) is 39.4 Å². The molecule has 1 amide bonds. The van der Waals surface area contributed by atoms with Gasteiger partial charge in [-0.2, -0.15) is 0 Å². The number of nitrogens with one attached hydrogen (secondary N) is 1. The largest absolute Gasteiger partial charge is 0.338 e. The van der Waals surface area contributed by atoms with Gasteiger partial charge in [-0.05, 0) is 38.1 Å². The van der Waals surface area contributed by atoms with E-state index in [1.165, 1.54) is 10.9 Å². The number of halogens is 1. The van der Waals surface area contributed by atoms with Gasteiger partial charge in [-0.3, -0.25) is 14.2 Å². The van der Waals surface area contributed by atoms with Crippen LogP contribution in [0.4, 0.5) is 0 Å². The van der Waals surface area contributed by atoms with E-state index in [-0.39, 0.29) is 17.5 Å². The number of likely N-dealkylation sites (N-methyl/N-ethyl adjacent to an activating group) is 1. The van der Waals surface area contributed by atoms with Gasteiger partial charge in [0.15, 0.2) is 0 Å². The zero-order valence-electron chi connectivity index (χ0n) is 13.7. The van der Waals surface area contributed by atoms with E-state index < -0.39 is 0 Å². The number of hydrogen-bond acceptors (Lipinski definition) is 4. The topological polar surface area (TPSA) is 67.2 Å². The van der Waals surface area contributed by atoms with Crippen LogP contribution in [0, 0.1) is 0 Å². The number of fused-ring (bicyclic) bond motifs is 1. The molecule has 6 nitrogen and oxygen atoms in total. The lowest BCUT2D eigenvalue weighted by atomic mass is 10.2. The van der Waals surface area contributed by atoms with Crippen molar-refractivity contribution < 1.29 is 4.79 Å². The Morgan fingerprint density at radius 2 is 2.29 bits per heavy atom. The van der Waals surface area contributed by atoms with E-state index in [1.807, 2.05) is 24.1 Å². The summed E-state index contributed by atoms with van der Waals surface area (Å²) in [7, 11) is 1.90. The fraction of sp³-hybridized carbons (Fsp3) is 0.471. The number of likely N-dealkylation sites (tertiary alicyclic amines) is 1. The second-order valence-corrected chi connectivity index (χ2v) is 7.01. The van der Waals surface area contributed by atoms with Gasteiger partial charge in [0.2, 0.25) is 5.91 Å². The number of benzene rings is 1. The molecule has 1 aromatic heterocycles. The van der Waals surface area contributed by atoms with Crippen LogP contribution >= 0.6 is 15.9 Å². The molecule has 1 unspecified atom stereocenters. The molecule has 128 valence electrons. The highest BCUT2D eigenvalue weighted by molar-refractivity contribution is 9.10. The molecular formula is C17H21BrN4O2. The molecule has 7 heteroatoms. The van der Waals surface area contributed by atoms with Gasteiger partial charge in [-0.25, -0.2) is 4.98 Å². The minimum Gasteiger partial charge on any atom is -0.338 e. The van der Waals surface area contributed by atoms with Crippen molar-refractivity contribution >= 4 is 32.7 Å². The highest BCUT2D eigenvalue weighted by Crippen LogP contribution is 2.18. The zero-order chi connectivity index (χ0) is 17.1. The van der Waals surface area contributed by atoms with Crippen LogP contribution in [0.3, 0.4) is 0 Å². The maximum absolute atomic E-state index is 12.5. The molecule has 24 heavy (non-hydrogen) atoms. The average Bonchev–Trinajstić information content (AvgIpc) is 3.03. The smallest absolute Gasteiger partial charge is 0.261 e. The number of amides is 1. The average molecular weight is 393 g/mol. The van der Waals surface area contributed by atoms with Crippen molar-refractivity contribution in [3.63, 3.8) is 0 Å². The molecule has 1 aromatic carbocycles. The molecule has 0 radical (unpaired) electrons. The Labute approximate surface area is 149 Å². The van der Waals surface area contributed by atoms with Crippen molar-refractivity contribution in [1.82, 2.24) is 19.8 Å². The number of hydrogen-bond donors (Lipinski definition) is 1. The summed E-state index contributed by atoms with van der Waals surface area (Å²) in [6.07, 6.45) is 3.93. The third-order valence-corrected chi connectivity index (χ3v) is 4.98. The highest BCUT2D eigenvalue weighted by atomic mass is 79.9. The summed E-state index contributed by atoms with van der Waals surface area (Å²) in [5.41, 5.74) is 0.557. The molecule has 1 atom stereocenters. The molecule has 0 aliphatic carbocycles. The maximum atomic E-state index is 12.5. The molecule has 1 aliphatic heterocycles. The molecule has 1 saturated heterocycles. The van der Waals surface area contributed by atoms with Crippen LogP contribution < -0.4 is 10.9 Å². The quantitative estimate of drug-likeness (QED) is 0.841. The molecule has 2 aromatic rings. The van der Waals surface area contributed by atoms with Crippen LogP contribution in [0.5, 0.6) is 0 Å². The Morgan fingerprint density at radius 3 is 3.08 bits per heavy atom. The highest BCUT2D eigenvalue weighted by Gasteiger charge is 2.27. The molecule has 3 rings (SSSR count). The van der Waals surface area contributed by atoms with Crippen LogP contribution in [-0.4, -0.2) is 46.5 Å². The number of carbonyl (C=O) groups excluding carboxylic acids is 1. The number of aryl methyl sites for hydroxylation is 1. The van der Waals surface area contributed by atoms with Crippen molar-refractivity contribution in [2.24, 2.45) is 0 Å². The standard InChI is InChI=1S/C17H21BrN4O2/c1-19-10-13-3-2-7-22(13)16(23)6-8-21-11-20-15-5-4-12(18)9-14(15)17(21)24/h4-5,9,11,13,19H,2-3,6-8,10H2,1H3. The first kappa shape index (κ1) is 17.1. The Bertz CT molecular complexity index is 805. The van der Waals surface area contributed by atoms with E-state index in [0.29, 0.717) is 23.9 Å². The molecule has 2 heterocycles. The van der Waals surface area contributed by atoms with E-state index in [9.17, 15) is 9.59 Å². The van der Waals surface area contributed by atoms with Crippen molar-refractivity contribution in [2.75, 3.05) is 20.1 Å². The lowest BCUT2D eigenvalue weighted by Gasteiger charge is -2.24. The fourth-order valence-electron chi connectivity index (χ4n) is 3.26. The third-order valence-electron chi connectivity index (χ3n) is 4.49. The van der Waals surface area contributed by atoms with Crippen LogP contribution in [-0.2, 0) is 11.3 Å². The van der Waals surface area contributed by atoms with E-state index in [2.05, 4.69) is 26.2 Å². The van der Waals surface area contributed by atoms with E-state index >= 15 is 0 Å². The normalized spacial score (nSPS) is 17.6. The third kappa shape index (κ3) is 3.52. The molecule has 0 spiro atoms. The second-order valence-electron chi connectivity index (χ2n) is 6.10. The molecule has 0 saturated carbocycles. The first-order valence-electron chi connectivity index (χ1n) is 8.19. The maximum Gasteiger partial charge on any atom is 0.261 e. The van der Waals surface area contributed by atoms with Crippen LogP contribution in [0.2, 0.25) is 0 Å². The lowest BCUT2D eigenvalue weighted by Crippen LogP contribution is -2.41. The summed E-state index contributed by atoms with van der Waals surface area (Å²) in [5.74, 6) is 0.106. The predicted molar refractivity (Wildman–Crippen MR) is 97.0 cm³/mol. The van der Waals surface area contributed by atoms with Gasteiger partial charge in [0.25, 0.3) is 5.56 Å². The Balaban J connectivity index is 1.72. The first-order chi connectivity index (χ1) is 11.6. The van der Waals surface area contributed by atoms with Gasteiger partial charge in [-0.15, -0.1) is 0 Å². The van der Waals surface area contributed by atoms with Crippen molar-refractivity contribution in [3.8, 4) is 0 Å². The Hall–Kier alpha value is -1.73. The van der Waals surface area contributed by atoms with Gasteiger partial charge in [0, 0.05) is 36.6 Å². The molecule has 1 N–H and O–H groups in total. The van der Waals surface area contributed by atoms with E-state index in [4.69, 9.17) is 0 Å². The summed E-state index contributed by atoms with van der Waals surface area (Å²) < 4.78 is 2.37. The summed E-state index contributed by atoms with van der Waals surface area (Å²) in [6.45, 7) is 1.98. The van der Waals surface area contributed by atoms with Crippen molar-refractivity contribution in [2.45, 2.75) is 31.8 Å². The number of aromatic nitrogens is 2. The summed E-state index contributed by atoms with van der Waals surface area (Å²) in [4.78, 5) is 31.3. The van der Waals surface area contributed by atoms with Gasteiger partial charge in [-0.1, -0.05) is 15.9 Å². The van der Waals surface area contributed by atoms with Crippen molar-refractivity contribution in [1.29, 1.82) is 0 Å². The summed E-state index contributed by atoms with van der Waals surface area (Å²) in [5, 5.41) is 3.70. The minimum absolute atomic E-state index is 0.106. The Morgan fingerprint density at radius 1 is 1.46 bits per heavy atom. The fourth-order valence-corrected chi connectivity index (χ4v) is 3.62. The van der Waals surface area contributed by atoms with E-state index in [1.54, 1.807) is 6.07 Å². The first-order valence-corrected chi connectivity index (χ1v) is 8.98. The second kappa shape index (κ2) is 7.44. The van der Waals surface area contributed by atoms with Gasteiger partial charge < -0.3 is 10.2 Å². The molecule has 1 fully saturated rings. The molecule has 1 aliphatic rings. The van der Waals surface area contributed by atoms with Crippen LogP contribution in [0.15, 0.2) is 33.8 Å². The van der Waals surface area contributed by atoms with Gasteiger partial charge in [0.05, 0.1) is 17.2 Å². The SMILES string of the molecule is CNCC1CCCN1C(=O)CCn1cnc2ccc(Br)cc2c1=O. The number of rotatable bonds is 5. The Kier molecular flexibility index (Phi) is 5.30. The minimum atomic E-state index is -0.109. The van der Waals surface area contributed by atoms with E-state index in [0.717, 1.165) is 30.4 Å². The van der Waals surface area contributed by atoms with Gasteiger partial charge in [0.1, 0.15) is 0 Å². The van der Waals surface area contributed by atoms with Crippen LogP contribution in [0.1, 0.15) is 19.3 Å². The predicted octanol–water partition coefficient (Wildman–Crippen LogP) is 1.76. The molecule has 0 bridgehead atoms. The number of carbonyl (C=O) groups is 1. The number of nitrogens with zero attached hydrogens (tertiary/aromatic N) is 3. The zero-order valence-corrected chi connectivity index (χ0v) is 15.3. The summed E-state index contributed by atoms with van der Waals surface area (Å²) >= 11 is 3.38. The summed E-state index contributed by atoms with van der Waals surface area (Å²) in [6, 6.07) is 5.71. The van der Waals surface area contributed by atoms with Gasteiger partial charge >= 0.3 is 0 Å². The van der Waals surface area contributed by atoms with Crippen LogP contribution in [0.25, 0.3) is 10.9 Å². The monoisotopic (exact) mass is 392 g/mol. The molecular weight excluding hydrogens is 372 g/mol. The lowest BCUT2D eigenvalue weighted by molar-refractivity contribution is -0.132.